The van der Waals surface area contributed by atoms with E-state index in [1.165, 1.54) is 10.6 Å². The minimum Gasteiger partial charge on any atom is -0.478 e. The lowest BCUT2D eigenvalue weighted by Gasteiger charge is -2.35. The first-order chi connectivity index (χ1) is 9.29. The molecule has 0 saturated carbocycles. The van der Waals surface area contributed by atoms with Crippen LogP contribution in [-0.4, -0.2) is 56.2 Å². The van der Waals surface area contributed by atoms with Gasteiger partial charge in [-0.3, -0.25) is 0 Å². The van der Waals surface area contributed by atoms with Crippen molar-refractivity contribution in [2.45, 2.75) is 6.92 Å². The van der Waals surface area contributed by atoms with Crippen molar-refractivity contribution in [3.8, 4) is 0 Å². The molecule has 1 aliphatic heterocycles. The van der Waals surface area contributed by atoms with Crippen LogP contribution in [0.25, 0.3) is 0 Å². The van der Waals surface area contributed by atoms with E-state index in [-0.39, 0.29) is 5.56 Å². The molecule has 20 heavy (non-hydrogen) atoms. The van der Waals surface area contributed by atoms with Gasteiger partial charge in [-0.2, -0.15) is 4.31 Å². The summed E-state index contributed by atoms with van der Waals surface area (Å²) in [5, 5.41) is 8.95. The minimum atomic E-state index is -3.13. The SMILES string of the molecule is Cc1cc(C(=O)O)ccc1N1CCN(S(C)(=O)=O)CC1. The molecular formula is C13H18N2O4S. The van der Waals surface area contributed by atoms with E-state index in [0.717, 1.165) is 11.3 Å². The van der Waals surface area contributed by atoms with Crippen LogP contribution in [0.3, 0.4) is 0 Å². The van der Waals surface area contributed by atoms with Gasteiger partial charge in [0.2, 0.25) is 10.0 Å². The predicted molar refractivity (Wildman–Crippen MR) is 76.8 cm³/mol. The number of carboxylic acids is 1. The molecule has 0 aliphatic carbocycles. The highest BCUT2D eigenvalue weighted by Gasteiger charge is 2.24. The Morgan fingerprint density at radius 3 is 2.25 bits per heavy atom. The van der Waals surface area contributed by atoms with Gasteiger partial charge in [0.1, 0.15) is 0 Å². The Hall–Kier alpha value is -1.60. The van der Waals surface area contributed by atoms with Crippen LogP contribution in [0.1, 0.15) is 15.9 Å². The number of anilines is 1. The maximum absolute atomic E-state index is 11.5. The molecule has 7 heteroatoms. The number of aryl methyl sites for hydroxylation is 1. The van der Waals surface area contributed by atoms with Crippen LogP contribution in [-0.2, 0) is 10.0 Å². The summed E-state index contributed by atoms with van der Waals surface area (Å²) >= 11 is 0. The summed E-state index contributed by atoms with van der Waals surface area (Å²) in [6, 6.07) is 5.00. The first-order valence-electron chi connectivity index (χ1n) is 6.33. The van der Waals surface area contributed by atoms with E-state index in [2.05, 4.69) is 4.90 Å². The molecule has 6 nitrogen and oxygen atoms in total. The Kier molecular flexibility index (Phi) is 4.01. The highest BCUT2D eigenvalue weighted by Crippen LogP contribution is 2.23. The van der Waals surface area contributed by atoms with E-state index in [0.29, 0.717) is 26.2 Å². The average molecular weight is 298 g/mol. The van der Waals surface area contributed by atoms with Crippen LogP contribution in [0.4, 0.5) is 5.69 Å². The van der Waals surface area contributed by atoms with Crippen LogP contribution in [0, 0.1) is 6.92 Å². The van der Waals surface area contributed by atoms with Crippen molar-refractivity contribution in [3.63, 3.8) is 0 Å². The molecule has 1 heterocycles. The minimum absolute atomic E-state index is 0.265. The molecule has 0 radical (unpaired) electrons. The molecular weight excluding hydrogens is 280 g/mol. The van der Waals surface area contributed by atoms with E-state index < -0.39 is 16.0 Å². The Balaban J connectivity index is 2.13. The van der Waals surface area contributed by atoms with Crippen LogP contribution in [0.5, 0.6) is 0 Å². The molecule has 1 saturated heterocycles. The maximum Gasteiger partial charge on any atom is 0.335 e. The second kappa shape index (κ2) is 5.41. The van der Waals surface area contributed by atoms with E-state index >= 15 is 0 Å². The van der Waals surface area contributed by atoms with Crippen LogP contribution in [0.2, 0.25) is 0 Å². The van der Waals surface area contributed by atoms with Gasteiger partial charge in [-0.25, -0.2) is 13.2 Å². The lowest BCUT2D eigenvalue weighted by atomic mass is 10.1. The van der Waals surface area contributed by atoms with E-state index in [1.54, 1.807) is 18.2 Å². The molecule has 0 unspecified atom stereocenters. The molecule has 1 aliphatic rings. The van der Waals surface area contributed by atoms with Gasteiger partial charge in [0, 0.05) is 31.9 Å². The number of piperazine rings is 1. The van der Waals surface area contributed by atoms with Gasteiger partial charge in [0.15, 0.2) is 0 Å². The van der Waals surface area contributed by atoms with Crippen LogP contribution < -0.4 is 4.90 Å². The lowest BCUT2D eigenvalue weighted by Crippen LogP contribution is -2.48. The number of nitrogens with zero attached hydrogens (tertiary/aromatic N) is 2. The number of carboxylic acid groups (broad SMARTS) is 1. The monoisotopic (exact) mass is 298 g/mol. The molecule has 1 aromatic rings. The number of carbonyl (C=O) groups is 1. The normalized spacial score (nSPS) is 17.2. The fourth-order valence-electron chi connectivity index (χ4n) is 2.40. The number of aromatic carboxylic acids is 1. The van der Waals surface area contributed by atoms with E-state index in [4.69, 9.17) is 5.11 Å². The zero-order valence-electron chi connectivity index (χ0n) is 11.5. The molecule has 2 rings (SSSR count). The zero-order valence-corrected chi connectivity index (χ0v) is 12.4. The summed E-state index contributed by atoms with van der Waals surface area (Å²) in [4.78, 5) is 13.0. The second-order valence-electron chi connectivity index (χ2n) is 4.96. The van der Waals surface area contributed by atoms with Gasteiger partial charge in [-0.15, -0.1) is 0 Å². The molecule has 110 valence electrons. The van der Waals surface area contributed by atoms with Gasteiger partial charge in [-0.05, 0) is 30.7 Å². The van der Waals surface area contributed by atoms with Crippen LogP contribution >= 0.6 is 0 Å². The molecule has 1 N–H and O–H groups in total. The van der Waals surface area contributed by atoms with Gasteiger partial charge in [0.05, 0.1) is 11.8 Å². The first-order valence-corrected chi connectivity index (χ1v) is 8.18. The third-order valence-corrected chi connectivity index (χ3v) is 4.80. The summed E-state index contributed by atoms with van der Waals surface area (Å²) in [5.74, 6) is -0.943. The van der Waals surface area contributed by atoms with Crippen molar-refractivity contribution < 1.29 is 18.3 Å². The molecule has 0 spiro atoms. The standard InChI is InChI=1S/C13H18N2O4S/c1-10-9-11(13(16)17)3-4-12(10)14-5-7-15(8-6-14)20(2,18)19/h3-4,9H,5-8H2,1-2H3,(H,16,17). The topological polar surface area (TPSA) is 77.9 Å². The number of benzene rings is 1. The molecule has 1 fully saturated rings. The van der Waals surface area contributed by atoms with E-state index in [1.807, 2.05) is 6.92 Å². The number of sulfonamides is 1. The lowest BCUT2D eigenvalue weighted by molar-refractivity contribution is 0.0697. The molecule has 0 atom stereocenters. The summed E-state index contributed by atoms with van der Waals surface area (Å²) < 4.78 is 24.4. The maximum atomic E-state index is 11.5. The summed E-state index contributed by atoms with van der Waals surface area (Å²) in [6.07, 6.45) is 1.22. The van der Waals surface area contributed by atoms with Gasteiger partial charge >= 0.3 is 5.97 Å². The largest absolute Gasteiger partial charge is 0.478 e. The summed E-state index contributed by atoms with van der Waals surface area (Å²) in [7, 11) is -3.13. The predicted octanol–water partition coefficient (Wildman–Crippen LogP) is 0.775. The second-order valence-corrected chi connectivity index (χ2v) is 6.94. The van der Waals surface area contributed by atoms with Crippen molar-refractivity contribution in [2.24, 2.45) is 0 Å². The number of rotatable bonds is 3. The van der Waals surface area contributed by atoms with Crippen molar-refractivity contribution in [1.29, 1.82) is 0 Å². The van der Waals surface area contributed by atoms with Crippen LogP contribution in [0.15, 0.2) is 18.2 Å². The Morgan fingerprint density at radius 1 is 1.20 bits per heavy atom. The Morgan fingerprint density at radius 2 is 1.80 bits per heavy atom. The average Bonchev–Trinajstić information content (AvgIpc) is 2.37. The zero-order chi connectivity index (χ0) is 14.9. The Labute approximate surface area is 118 Å². The van der Waals surface area contributed by atoms with Crippen molar-refractivity contribution in [3.05, 3.63) is 29.3 Å². The first kappa shape index (κ1) is 14.8. The van der Waals surface area contributed by atoms with Gasteiger partial charge < -0.3 is 10.0 Å². The van der Waals surface area contributed by atoms with Gasteiger partial charge in [-0.1, -0.05) is 0 Å². The van der Waals surface area contributed by atoms with Gasteiger partial charge in [0.25, 0.3) is 0 Å². The smallest absolute Gasteiger partial charge is 0.335 e. The number of hydrogen-bond acceptors (Lipinski definition) is 4. The fourth-order valence-corrected chi connectivity index (χ4v) is 3.23. The third-order valence-electron chi connectivity index (χ3n) is 3.49. The molecule has 0 aromatic heterocycles. The third kappa shape index (κ3) is 3.10. The van der Waals surface area contributed by atoms with Crippen molar-refractivity contribution >= 4 is 21.7 Å². The fraction of sp³-hybridized carbons (Fsp3) is 0.462. The highest BCUT2D eigenvalue weighted by atomic mass is 32.2. The van der Waals surface area contributed by atoms with E-state index in [9.17, 15) is 13.2 Å². The summed E-state index contributed by atoms with van der Waals surface area (Å²) in [6.45, 7) is 4.00. The molecule has 1 aromatic carbocycles. The quantitative estimate of drug-likeness (QED) is 0.892. The van der Waals surface area contributed by atoms with Crippen molar-refractivity contribution in [2.75, 3.05) is 37.3 Å². The highest BCUT2D eigenvalue weighted by molar-refractivity contribution is 7.88. The molecule has 0 amide bonds. The molecule has 0 bridgehead atoms. The van der Waals surface area contributed by atoms with Crippen molar-refractivity contribution in [1.82, 2.24) is 4.31 Å². The summed E-state index contributed by atoms with van der Waals surface area (Å²) in [5.41, 5.74) is 2.11. The number of hydrogen-bond donors (Lipinski definition) is 1. The Bertz CT molecular complexity index is 619.